The number of aromatic nitrogens is 2. The summed E-state index contributed by atoms with van der Waals surface area (Å²) in [6.45, 7) is 8.48. The zero-order valence-corrected chi connectivity index (χ0v) is 14.5. The number of nitrogens with one attached hydrogen (secondary N) is 1. The van der Waals surface area contributed by atoms with Gasteiger partial charge in [0.15, 0.2) is 0 Å². The van der Waals surface area contributed by atoms with Crippen LogP contribution in [0.2, 0.25) is 0 Å². The van der Waals surface area contributed by atoms with Crippen molar-refractivity contribution in [3.8, 4) is 11.3 Å². The van der Waals surface area contributed by atoms with Crippen LogP contribution < -0.4 is 4.90 Å². The Balaban J connectivity index is 1.66. The summed E-state index contributed by atoms with van der Waals surface area (Å²) in [6, 6.07) is 10.2. The van der Waals surface area contributed by atoms with Crippen LogP contribution in [0, 0.1) is 0 Å². The summed E-state index contributed by atoms with van der Waals surface area (Å²) in [5.41, 5.74) is 2.74. The van der Waals surface area contributed by atoms with Gasteiger partial charge in [0.1, 0.15) is 5.60 Å². The van der Waals surface area contributed by atoms with Gasteiger partial charge in [-0.3, -0.25) is 5.10 Å². The van der Waals surface area contributed by atoms with E-state index in [-0.39, 0.29) is 6.09 Å². The van der Waals surface area contributed by atoms with Crippen LogP contribution in [0.25, 0.3) is 11.3 Å². The second-order valence-electron chi connectivity index (χ2n) is 6.95. The molecule has 0 atom stereocenters. The van der Waals surface area contributed by atoms with Crippen molar-refractivity contribution in [3.63, 3.8) is 0 Å². The highest BCUT2D eigenvalue weighted by atomic mass is 16.6. The molecule has 0 radical (unpaired) electrons. The Labute approximate surface area is 142 Å². The van der Waals surface area contributed by atoms with Crippen LogP contribution in [0.4, 0.5) is 10.5 Å². The van der Waals surface area contributed by atoms with Crippen molar-refractivity contribution in [2.45, 2.75) is 26.4 Å². The minimum atomic E-state index is -0.459. The summed E-state index contributed by atoms with van der Waals surface area (Å²) in [5, 5.41) is 7.29. The predicted molar refractivity (Wildman–Crippen MR) is 94.0 cm³/mol. The lowest BCUT2D eigenvalue weighted by Crippen LogP contribution is -2.50. The molecular weight excluding hydrogens is 304 g/mol. The van der Waals surface area contributed by atoms with Gasteiger partial charge < -0.3 is 14.5 Å². The van der Waals surface area contributed by atoms with Crippen molar-refractivity contribution in [2.24, 2.45) is 0 Å². The van der Waals surface area contributed by atoms with E-state index in [0.717, 1.165) is 30.0 Å². The van der Waals surface area contributed by atoms with Crippen molar-refractivity contribution in [2.75, 3.05) is 31.1 Å². The largest absolute Gasteiger partial charge is 0.444 e. The Morgan fingerprint density at radius 2 is 1.79 bits per heavy atom. The normalized spacial score (nSPS) is 15.5. The summed E-state index contributed by atoms with van der Waals surface area (Å²) in [5.74, 6) is 0. The first-order valence-electron chi connectivity index (χ1n) is 8.26. The number of aromatic amines is 1. The molecule has 1 aliphatic heterocycles. The molecule has 128 valence electrons. The molecule has 6 heteroatoms. The van der Waals surface area contributed by atoms with Gasteiger partial charge in [0.25, 0.3) is 0 Å². The lowest BCUT2D eigenvalue weighted by molar-refractivity contribution is 0.0240. The van der Waals surface area contributed by atoms with Crippen molar-refractivity contribution in [1.82, 2.24) is 15.1 Å². The molecule has 1 aromatic heterocycles. The summed E-state index contributed by atoms with van der Waals surface area (Å²) in [7, 11) is 0. The van der Waals surface area contributed by atoms with E-state index in [1.807, 2.05) is 45.2 Å². The van der Waals surface area contributed by atoms with Gasteiger partial charge in [-0.25, -0.2) is 4.79 Å². The van der Waals surface area contributed by atoms with Gasteiger partial charge >= 0.3 is 6.09 Å². The number of hydrogen-bond donors (Lipinski definition) is 1. The molecule has 0 saturated carbocycles. The molecule has 0 spiro atoms. The third-order valence-corrected chi connectivity index (χ3v) is 3.95. The average Bonchev–Trinajstić information content (AvgIpc) is 3.04. The Morgan fingerprint density at radius 1 is 1.12 bits per heavy atom. The molecule has 3 rings (SSSR count). The van der Waals surface area contributed by atoms with E-state index < -0.39 is 5.60 Å². The third kappa shape index (κ3) is 3.69. The quantitative estimate of drug-likeness (QED) is 0.920. The van der Waals surface area contributed by atoms with Gasteiger partial charge in [-0.1, -0.05) is 30.3 Å². The molecular formula is C18H24N4O2. The second-order valence-corrected chi connectivity index (χ2v) is 6.95. The fourth-order valence-corrected chi connectivity index (χ4v) is 2.79. The zero-order valence-electron chi connectivity index (χ0n) is 14.5. The zero-order chi connectivity index (χ0) is 17.2. The van der Waals surface area contributed by atoms with Crippen molar-refractivity contribution < 1.29 is 9.53 Å². The van der Waals surface area contributed by atoms with E-state index in [1.165, 1.54) is 0 Å². The number of amides is 1. The van der Waals surface area contributed by atoms with Gasteiger partial charge in [0.05, 0.1) is 17.6 Å². The number of piperazine rings is 1. The van der Waals surface area contributed by atoms with Crippen LogP contribution in [0.1, 0.15) is 20.8 Å². The highest BCUT2D eigenvalue weighted by molar-refractivity contribution is 5.75. The number of benzene rings is 1. The van der Waals surface area contributed by atoms with Crippen LogP contribution in [-0.4, -0.2) is 53.0 Å². The topological polar surface area (TPSA) is 61.5 Å². The Kier molecular flexibility index (Phi) is 4.46. The summed E-state index contributed by atoms with van der Waals surface area (Å²) in [6.07, 6.45) is 1.61. The number of hydrogen-bond acceptors (Lipinski definition) is 4. The molecule has 1 fully saturated rings. The molecule has 2 aromatic rings. The molecule has 0 bridgehead atoms. The molecule has 1 N–H and O–H groups in total. The fourth-order valence-electron chi connectivity index (χ4n) is 2.79. The minimum Gasteiger partial charge on any atom is -0.444 e. The Morgan fingerprint density at radius 3 is 2.42 bits per heavy atom. The molecule has 6 nitrogen and oxygen atoms in total. The molecule has 24 heavy (non-hydrogen) atoms. The standard InChI is InChI=1S/C18H24N4O2/c1-18(2,3)24-17(23)22-11-9-21(10-12-22)15-13-19-20-16(15)14-7-5-4-6-8-14/h4-8,13H,9-12H2,1-3H3,(H,19,20). The maximum atomic E-state index is 12.2. The van der Waals surface area contributed by atoms with Crippen molar-refractivity contribution >= 4 is 11.8 Å². The molecule has 1 amide bonds. The van der Waals surface area contributed by atoms with Gasteiger partial charge in [0.2, 0.25) is 0 Å². The maximum Gasteiger partial charge on any atom is 0.410 e. The SMILES string of the molecule is CC(C)(C)OC(=O)N1CCN(c2cn[nH]c2-c2ccccc2)CC1. The Hall–Kier alpha value is -2.50. The number of ether oxygens (including phenoxy) is 1. The third-order valence-electron chi connectivity index (χ3n) is 3.95. The van der Waals surface area contributed by atoms with Crippen LogP contribution in [0.5, 0.6) is 0 Å². The van der Waals surface area contributed by atoms with Crippen LogP contribution in [0.3, 0.4) is 0 Å². The average molecular weight is 328 g/mol. The molecule has 0 unspecified atom stereocenters. The van der Waals surface area contributed by atoms with E-state index in [4.69, 9.17) is 4.74 Å². The van der Waals surface area contributed by atoms with Crippen molar-refractivity contribution in [3.05, 3.63) is 36.5 Å². The number of rotatable bonds is 2. The molecule has 0 aliphatic carbocycles. The van der Waals surface area contributed by atoms with E-state index in [9.17, 15) is 4.79 Å². The first-order valence-corrected chi connectivity index (χ1v) is 8.26. The van der Waals surface area contributed by atoms with Crippen LogP contribution in [-0.2, 0) is 4.74 Å². The van der Waals surface area contributed by atoms with Crippen LogP contribution >= 0.6 is 0 Å². The van der Waals surface area contributed by atoms with Crippen LogP contribution in [0.15, 0.2) is 36.5 Å². The smallest absolute Gasteiger partial charge is 0.410 e. The first kappa shape index (κ1) is 16.4. The van der Waals surface area contributed by atoms with Gasteiger partial charge in [-0.05, 0) is 20.8 Å². The maximum absolute atomic E-state index is 12.2. The van der Waals surface area contributed by atoms with E-state index >= 15 is 0 Å². The molecule has 1 aliphatic rings. The first-order chi connectivity index (χ1) is 11.4. The summed E-state index contributed by atoms with van der Waals surface area (Å²) >= 11 is 0. The molecule has 2 heterocycles. The number of anilines is 1. The predicted octanol–water partition coefficient (Wildman–Crippen LogP) is 3.13. The monoisotopic (exact) mass is 328 g/mol. The van der Waals surface area contributed by atoms with Gasteiger partial charge in [0, 0.05) is 31.7 Å². The lowest BCUT2D eigenvalue weighted by atomic mass is 10.1. The van der Waals surface area contributed by atoms with E-state index in [0.29, 0.717) is 13.1 Å². The summed E-state index contributed by atoms with van der Waals surface area (Å²) in [4.78, 5) is 16.2. The fraction of sp³-hybridized carbons (Fsp3) is 0.444. The number of nitrogens with zero attached hydrogens (tertiary/aromatic N) is 3. The lowest BCUT2D eigenvalue weighted by Gasteiger charge is -2.36. The van der Waals surface area contributed by atoms with Gasteiger partial charge in [-0.15, -0.1) is 0 Å². The second kappa shape index (κ2) is 6.55. The molecule has 1 saturated heterocycles. The van der Waals surface area contributed by atoms with E-state index in [1.54, 1.807) is 4.90 Å². The number of carbonyl (C=O) groups is 1. The highest BCUT2D eigenvalue weighted by Gasteiger charge is 2.27. The van der Waals surface area contributed by atoms with Crippen molar-refractivity contribution in [1.29, 1.82) is 0 Å². The highest BCUT2D eigenvalue weighted by Crippen LogP contribution is 2.29. The van der Waals surface area contributed by atoms with E-state index in [2.05, 4.69) is 27.2 Å². The Bertz CT molecular complexity index is 683. The molecule has 1 aromatic carbocycles. The number of H-pyrrole nitrogens is 1. The number of carbonyl (C=O) groups excluding carboxylic acids is 1. The van der Waals surface area contributed by atoms with Gasteiger partial charge in [-0.2, -0.15) is 5.10 Å². The summed E-state index contributed by atoms with van der Waals surface area (Å²) < 4.78 is 5.45. The minimum absolute atomic E-state index is 0.238.